The lowest BCUT2D eigenvalue weighted by Crippen LogP contribution is -2.60. The van der Waals surface area contributed by atoms with Gasteiger partial charge in [0.1, 0.15) is 11.5 Å². The number of nitrogens with two attached hydrogens (primary N) is 1. The standard InChI is InChI=1S/C24H25N3O2/c25-24(13-7-14-24)23(28)27-15-12-20-19(16-27)22(26-29-20)21(17-8-3-1-4-9-17)18-10-5-2-6-11-18/h1-6,8-11,21H,7,12-16,25H2. The van der Waals surface area contributed by atoms with Crippen LogP contribution in [0.3, 0.4) is 0 Å². The fourth-order valence-corrected chi connectivity index (χ4v) is 4.52. The molecule has 0 saturated heterocycles. The Bertz CT molecular complexity index is 970. The monoisotopic (exact) mass is 387 g/mol. The summed E-state index contributed by atoms with van der Waals surface area (Å²) >= 11 is 0. The van der Waals surface area contributed by atoms with Gasteiger partial charge in [-0.2, -0.15) is 0 Å². The molecule has 5 rings (SSSR count). The van der Waals surface area contributed by atoms with Gasteiger partial charge in [0.15, 0.2) is 0 Å². The van der Waals surface area contributed by atoms with Crippen molar-refractivity contribution >= 4 is 5.91 Å². The first-order valence-corrected chi connectivity index (χ1v) is 10.3. The molecule has 5 nitrogen and oxygen atoms in total. The summed E-state index contributed by atoms with van der Waals surface area (Å²) < 4.78 is 5.75. The average molecular weight is 387 g/mol. The predicted octanol–water partition coefficient (Wildman–Crippen LogP) is 3.62. The summed E-state index contributed by atoms with van der Waals surface area (Å²) in [5.74, 6) is 0.925. The Balaban J connectivity index is 1.53. The number of benzene rings is 2. The van der Waals surface area contributed by atoms with Crippen LogP contribution in [-0.4, -0.2) is 28.0 Å². The van der Waals surface area contributed by atoms with Crippen LogP contribution in [0.4, 0.5) is 0 Å². The second-order valence-corrected chi connectivity index (χ2v) is 8.21. The van der Waals surface area contributed by atoms with Crippen LogP contribution in [0.2, 0.25) is 0 Å². The predicted molar refractivity (Wildman–Crippen MR) is 110 cm³/mol. The van der Waals surface area contributed by atoms with Crippen LogP contribution >= 0.6 is 0 Å². The molecule has 0 radical (unpaired) electrons. The van der Waals surface area contributed by atoms with Crippen LogP contribution in [0.5, 0.6) is 0 Å². The second-order valence-electron chi connectivity index (χ2n) is 8.21. The number of nitrogens with zero attached hydrogens (tertiary/aromatic N) is 2. The van der Waals surface area contributed by atoms with E-state index < -0.39 is 5.54 Å². The van der Waals surface area contributed by atoms with Crippen molar-refractivity contribution in [3.63, 3.8) is 0 Å². The van der Waals surface area contributed by atoms with Crippen molar-refractivity contribution in [3.8, 4) is 0 Å². The van der Waals surface area contributed by atoms with E-state index in [-0.39, 0.29) is 11.8 Å². The largest absolute Gasteiger partial charge is 0.361 e. The van der Waals surface area contributed by atoms with Crippen LogP contribution in [0.25, 0.3) is 0 Å². The minimum absolute atomic E-state index is 0.0320. The summed E-state index contributed by atoms with van der Waals surface area (Å²) in [6.07, 6.45) is 3.27. The number of fused-ring (bicyclic) bond motifs is 1. The summed E-state index contributed by atoms with van der Waals surface area (Å²) in [4.78, 5) is 14.9. The van der Waals surface area contributed by atoms with Gasteiger partial charge >= 0.3 is 0 Å². The van der Waals surface area contributed by atoms with E-state index in [0.717, 1.165) is 47.4 Å². The number of aromatic nitrogens is 1. The molecule has 1 saturated carbocycles. The highest BCUT2D eigenvalue weighted by Crippen LogP contribution is 2.38. The van der Waals surface area contributed by atoms with Crippen LogP contribution in [0.15, 0.2) is 65.2 Å². The first-order chi connectivity index (χ1) is 14.2. The lowest BCUT2D eigenvalue weighted by Gasteiger charge is -2.41. The Morgan fingerprint density at radius 2 is 1.66 bits per heavy atom. The highest BCUT2D eigenvalue weighted by Gasteiger charge is 2.44. The van der Waals surface area contributed by atoms with Crippen LogP contribution in [0, 0.1) is 0 Å². The second kappa shape index (κ2) is 7.16. The van der Waals surface area contributed by atoms with Gasteiger partial charge in [-0.25, -0.2) is 0 Å². The number of rotatable bonds is 4. The number of hydrogen-bond acceptors (Lipinski definition) is 4. The Kier molecular flexibility index (Phi) is 4.47. The summed E-state index contributed by atoms with van der Waals surface area (Å²) in [5.41, 5.74) is 9.90. The number of amides is 1. The smallest absolute Gasteiger partial charge is 0.242 e. The molecule has 2 heterocycles. The molecule has 1 aliphatic heterocycles. The minimum atomic E-state index is -0.674. The van der Waals surface area contributed by atoms with Gasteiger partial charge in [-0.15, -0.1) is 0 Å². The summed E-state index contributed by atoms with van der Waals surface area (Å²) in [6.45, 7) is 1.16. The molecular formula is C24H25N3O2. The van der Waals surface area contributed by atoms with Crippen molar-refractivity contribution in [2.45, 2.75) is 43.7 Å². The fourth-order valence-electron chi connectivity index (χ4n) is 4.52. The third kappa shape index (κ3) is 3.15. The third-order valence-electron chi connectivity index (χ3n) is 6.36. The quantitative estimate of drug-likeness (QED) is 0.742. The molecule has 5 heteroatoms. The van der Waals surface area contributed by atoms with Crippen LogP contribution in [0.1, 0.15) is 53.3 Å². The maximum absolute atomic E-state index is 13.0. The molecule has 1 aliphatic carbocycles. The molecule has 148 valence electrons. The van der Waals surface area contributed by atoms with E-state index in [1.165, 1.54) is 0 Å². The van der Waals surface area contributed by atoms with Gasteiger partial charge in [0.05, 0.1) is 18.0 Å². The van der Waals surface area contributed by atoms with Gasteiger partial charge < -0.3 is 15.2 Å². The Labute approximate surface area is 170 Å². The van der Waals surface area contributed by atoms with E-state index in [9.17, 15) is 4.79 Å². The zero-order valence-corrected chi connectivity index (χ0v) is 16.4. The maximum atomic E-state index is 13.0. The van der Waals surface area contributed by atoms with Crippen LogP contribution < -0.4 is 5.73 Å². The lowest BCUT2D eigenvalue weighted by molar-refractivity contribution is -0.141. The fraction of sp³-hybridized carbons (Fsp3) is 0.333. The summed E-state index contributed by atoms with van der Waals surface area (Å²) in [5, 5.41) is 4.50. The highest BCUT2D eigenvalue weighted by molar-refractivity contribution is 5.87. The first-order valence-electron chi connectivity index (χ1n) is 10.3. The molecule has 1 amide bonds. The molecule has 2 aliphatic rings. The summed E-state index contributed by atoms with van der Waals surface area (Å²) in [6, 6.07) is 20.7. The Hall–Kier alpha value is -2.92. The minimum Gasteiger partial charge on any atom is -0.361 e. The molecule has 2 aromatic carbocycles. The van der Waals surface area contributed by atoms with Gasteiger partial charge in [-0.05, 0) is 30.4 Å². The normalized spacial score (nSPS) is 17.7. The van der Waals surface area contributed by atoms with E-state index in [0.29, 0.717) is 19.5 Å². The van der Waals surface area contributed by atoms with Gasteiger partial charge in [0.2, 0.25) is 5.91 Å². The highest BCUT2D eigenvalue weighted by atomic mass is 16.5. The number of hydrogen-bond donors (Lipinski definition) is 1. The molecule has 0 bridgehead atoms. The molecule has 1 fully saturated rings. The molecule has 3 aromatic rings. The van der Waals surface area contributed by atoms with E-state index in [4.69, 9.17) is 10.3 Å². The molecular weight excluding hydrogens is 362 g/mol. The molecule has 29 heavy (non-hydrogen) atoms. The first kappa shape index (κ1) is 18.1. The van der Waals surface area contributed by atoms with Crippen molar-refractivity contribution in [2.75, 3.05) is 6.54 Å². The van der Waals surface area contributed by atoms with Gasteiger partial charge in [-0.3, -0.25) is 4.79 Å². The van der Waals surface area contributed by atoms with E-state index in [1.54, 1.807) is 0 Å². The van der Waals surface area contributed by atoms with Gasteiger partial charge in [0, 0.05) is 18.5 Å². The maximum Gasteiger partial charge on any atom is 0.242 e. The molecule has 0 unspecified atom stereocenters. The Morgan fingerprint density at radius 3 is 2.21 bits per heavy atom. The average Bonchev–Trinajstić information content (AvgIpc) is 3.16. The third-order valence-corrected chi connectivity index (χ3v) is 6.36. The van der Waals surface area contributed by atoms with Crippen molar-refractivity contribution in [2.24, 2.45) is 5.73 Å². The van der Waals surface area contributed by atoms with Crippen LogP contribution in [-0.2, 0) is 17.8 Å². The molecule has 1 aromatic heterocycles. The zero-order valence-electron chi connectivity index (χ0n) is 16.4. The Morgan fingerprint density at radius 1 is 1.03 bits per heavy atom. The van der Waals surface area contributed by atoms with E-state index >= 15 is 0 Å². The topological polar surface area (TPSA) is 72.4 Å². The van der Waals surface area contributed by atoms with Crippen molar-refractivity contribution < 1.29 is 9.32 Å². The van der Waals surface area contributed by atoms with E-state index in [2.05, 4.69) is 29.4 Å². The SMILES string of the molecule is NC1(C(=O)N2CCc3onc(C(c4ccccc4)c4ccccc4)c3C2)CCC1. The number of carbonyl (C=O) groups excluding carboxylic acids is 1. The molecule has 0 spiro atoms. The number of carbonyl (C=O) groups is 1. The van der Waals surface area contributed by atoms with Gasteiger partial charge in [-0.1, -0.05) is 65.8 Å². The summed E-state index contributed by atoms with van der Waals surface area (Å²) in [7, 11) is 0. The molecule has 2 N–H and O–H groups in total. The van der Waals surface area contributed by atoms with Gasteiger partial charge in [0.25, 0.3) is 0 Å². The van der Waals surface area contributed by atoms with Crippen molar-refractivity contribution in [1.29, 1.82) is 0 Å². The molecule has 0 atom stereocenters. The van der Waals surface area contributed by atoms with Crippen molar-refractivity contribution in [3.05, 3.63) is 88.8 Å². The lowest BCUT2D eigenvalue weighted by atomic mass is 9.76. The van der Waals surface area contributed by atoms with E-state index in [1.807, 2.05) is 41.3 Å². The zero-order chi connectivity index (χ0) is 19.8. The van der Waals surface area contributed by atoms with Crippen molar-refractivity contribution in [1.82, 2.24) is 10.1 Å².